The second kappa shape index (κ2) is 10.3. The smallest absolute Gasteiger partial charge is 0.434 e. The third kappa shape index (κ3) is 5.39. The molecule has 0 unspecified atom stereocenters. The fourth-order valence-electron chi connectivity index (χ4n) is 2.84. The van der Waals surface area contributed by atoms with Crippen LogP contribution in [0.25, 0.3) is 11.1 Å². The summed E-state index contributed by atoms with van der Waals surface area (Å²) in [5.74, 6) is -1.62. The zero-order chi connectivity index (χ0) is 23.1. The zero-order valence-electron chi connectivity index (χ0n) is 17.4. The van der Waals surface area contributed by atoms with Crippen LogP contribution in [-0.2, 0) is 14.3 Å². The van der Waals surface area contributed by atoms with Crippen molar-refractivity contribution in [2.45, 2.75) is 27.7 Å². The fourth-order valence-corrected chi connectivity index (χ4v) is 2.84. The predicted molar refractivity (Wildman–Crippen MR) is 107 cm³/mol. The van der Waals surface area contributed by atoms with E-state index < -0.39 is 24.1 Å². The first-order valence-electron chi connectivity index (χ1n) is 9.24. The molecule has 0 spiro atoms. The second-order valence-corrected chi connectivity index (χ2v) is 6.13. The van der Waals surface area contributed by atoms with E-state index in [1.165, 1.54) is 30.6 Å². The Hall–Kier alpha value is -3.86. The van der Waals surface area contributed by atoms with E-state index in [9.17, 15) is 19.2 Å². The molecule has 3 N–H and O–H groups in total. The molecule has 0 fully saturated rings. The summed E-state index contributed by atoms with van der Waals surface area (Å²) < 4.78 is 20.2. The molecule has 0 aromatic heterocycles. The van der Waals surface area contributed by atoms with Crippen LogP contribution < -0.4 is 20.3 Å². The van der Waals surface area contributed by atoms with Crippen LogP contribution >= 0.6 is 0 Å². The van der Waals surface area contributed by atoms with Crippen LogP contribution in [0.1, 0.15) is 36.7 Å². The molecule has 31 heavy (non-hydrogen) atoms. The number of fused-ring (bicyclic) bond motifs is 1. The highest BCUT2D eigenvalue weighted by molar-refractivity contribution is 6.04. The average molecular weight is 434 g/mol. The Kier molecular flexibility index (Phi) is 7.75. The highest BCUT2D eigenvalue weighted by atomic mass is 16.7. The Bertz CT molecular complexity index is 987. The lowest BCUT2D eigenvalue weighted by atomic mass is 10.1. The van der Waals surface area contributed by atoms with Crippen LogP contribution in [0, 0.1) is 6.92 Å². The van der Waals surface area contributed by atoms with Gasteiger partial charge >= 0.3 is 12.3 Å². The molecule has 166 valence electrons. The number of rotatable bonds is 6. The maximum atomic E-state index is 12.1. The van der Waals surface area contributed by atoms with E-state index in [4.69, 9.17) is 24.2 Å². The Morgan fingerprint density at radius 3 is 2.06 bits per heavy atom. The van der Waals surface area contributed by atoms with Crippen LogP contribution in [0.5, 0.6) is 11.5 Å². The summed E-state index contributed by atoms with van der Waals surface area (Å²) in [6.45, 7) is 6.05. The van der Waals surface area contributed by atoms with E-state index in [-0.39, 0.29) is 47.1 Å². The molecule has 0 atom stereocenters. The molecule has 2 aliphatic rings. The van der Waals surface area contributed by atoms with E-state index in [1.54, 1.807) is 20.8 Å². The first kappa shape index (κ1) is 23.4. The number of anilines is 1. The topological polar surface area (TPSA) is 149 Å². The van der Waals surface area contributed by atoms with Gasteiger partial charge < -0.3 is 24.3 Å². The zero-order valence-corrected chi connectivity index (χ0v) is 17.4. The summed E-state index contributed by atoms with van der Waals surface area (Å²) in [6.07, 6.45) is -2.11. The van der Waals surface area contributed by atoms with Crippen LogP contribution in [-0.4, -0.2) is 42.5 Å². The molecule has 0 bridgehead atoms. The third-order valence-electron chi connectivity index (χ3n) is 3.95. The molecule has 11 heteroatoms. The lowest BCUT2D eigenvalue weighted by Gasteiger charge is -2.09. The minimum Gasteiger partial charge on any atom is -0.434 e. The first-order chi connectivity index (χ1) is 14.7. The number of amides is 2. The highest BCUT2D eigenvalue weighted by Crippen LogP contribution is 2.53. The summed E-state index contributed by atoms with van der Waals surface area (Å²) in [5, 5.41) is 11.4. The van der Waals surface area contributed by atoms with Crippen LogP contribution in [0.15, 0.2) is 18.2 Å². The number of hydrogen-bond donors (Lipinski definition) is 3. The molecule has 2 amide bonds. The quantitative estimate of drug-likeness (QED) is 0.354. The Balaban J connectivity index is 2.82. The predicted octanol–water partition coefficient (Wildman–Crippen LogP) is 3.25. The van der Waals surface area contributed by atoms with Crippen molar-refractivity contribution in [3.05, 3.63) is 29.3 Å². The van der Waals surface area contributed by atoms with Crippen molar-refractivity contribution in [1.82, 2.24) is 5.48 Å². The molecule has 2 aliphatic carbocycles. The summed E-state index contributed by atoms with van der Waals surface area (Å²) in [7, 11) is 0. The monoisotopic (exact) mass is 434 g/mol. The van der Waals surface area contributed by atoms with Crippen molar-refractivity contribution in [1.29, 1.82) is 0 Å². The molecule has 0 saturated heterocycles. The SMILES string of the molecule is CCOC(=O)Oc1c2ccc(C(=O)NO)cc(C)c-2c(OC(=O)OCC)c1NC(C)=O. The van der Waals surface area contributed by atoms with Crippen LogP contribution in [0.2, 0.25) is 0 Å². The first-order valence-corrected chi connectivity index (χ1v) is 9.24. The lowest BCUT2D eigenvalue weighted by molar-refractivity contribution is -0.114. The van der Waals surface area contributed by atoms with Gasteiger partial charge in [0.05, 0.1) is 13.2 Å². The van der Waals surface area contributed by atoms with E-state index in [0.29, 0.717) is 5.56 Å². The van der Waals surface area contributed by atoms with Crippen LogP contribution in [0.4, 0.5) is 15.3 Å². The number of aryl methyl sites for hydroxylation is 1. The molecular formula is C20H22N2O9. The molecule has 0 aromatic carbocycles. The van der Waals surface area contributed by atoms with Gasteiger partial charge in [-0.3, -0.25) is 14.8 Å². The lowest BCUT2D eigenvalue weighted by Crippen LogP contribution is -2.18. The molecular weight excluding hydrogens is 412 g/mol. The highest BCUT2D eigenvalue weighted by Gasteiger charge is 2.32. The van der Waals surface area contributed by atoms with Gasteiger partial charge in [0.1, 0.15) is 5.69 Å². The summed E-state index contributed by atoms with van der Waals surface area (Å²) >= 11 is 0. The van der Waals surface area contributed by atoms with Gasteiger partial charge in [-0.05, 0) is 44.5 Å². The molecule has 0 aromatic rings. The molecule has 2 rings (SSSR count). The Morgan fingerprint density at radius 2 is 1.55 bits per heavy atom. The van der Waals surface area contributed by atoms with E-state index in [1.807, 2.05) is 0 Å². The van der Waals surface area contributed by atoms with Gasteiger partial charge in [0.15, 0.2) is 11.5 Å². The van der Waals surface area contributed by atoms with Gasteiger partial charge in [0, 0.05) is 23.6 Å². The van der Waals surface area contributed by atoms with E-state index >= 15 is 0 Å². The van der Waals surface area contributed by atoms with Gasteiger partial charge in [-0.2, -0.15) is 0 Å². The van der Waals surface area contributed by atoms with E-state index in [0.717, 1.165) is 0 Å². The van der Waals surface area contributed by atoms with Crippen LogP contribution in [0.3, 0.4) is 0 Å². The van der Waals surface area contributed by atoms with Gasteiger partial charge in [-0.25, -0.2) is 15.1 Å². The van der Waals surface area contributed by atoms with Gasteiger partial charge in [0.2, 0.25) is 5.91 Å². The van der Waals surface area contributed by atoms with Crippen molar-refractivity contribution >= 4 is 29.8 Å². The molecule has 0 aliphatic heterocycles. The standard InChI is InChI=1S/C20H22N2O9/c1-5-28-19(25)30-16-13-8-7-12(18(24)22-27)9-10(3)14(13)17(15(16)21-11(4)23)31-20(26)29-6-2/h7-9,27H,5-6H2,1-4H3,(H,21,23)(H,22,24). The van der Waals surface area contributed by atoms with Crippen molar-refractivity contribution in [2.75, 3.05) is 18.5 Å². The largest absolute Gasteiger partial charge is 0.513 e. The van der Waals surface area contributed by atoms with Crippen molar-refractivity contribution in [3.63, 3.8) is 0 Å². The fraction of sp³-hybridized carbons (Fsp3) is 0.300. The number of nitrogens with one attached hydrogen (secondary N) is 2. The summed E-state index contributed by atoms with van der Waals surface area (Å²) in [6, 6.07) is 4.17. The Labute approximate surface area is 177 Å². The molecule has 0 saturated carbocycles. The number of hydroxylamine groups is 1. The van der Waals surface area contributed by atoms with Crippen molar-refractivity contribution < 1.29 is 43.3 Å². The van der Waals surface area contributed by atoms with Gasteiger partial charge in [-0.1, -0.05) is 0 Å². The summed E-state index contributed by atoms with van der Waals surface area (Å²) in [5.41, 5.74) is 2.40. The Morgan fingerprint density at radius 1 is 0.968 bits per heavy atom. The third-order valence-corrected chi connectivity index (χ3v) is 3.95. The van der Waals surface area contributed by atoms with Crippen molar-refractivity contribution in [2.24, 2.45) is 0 Å². The number of ether oxygens (including phenoxy) is 4. The normalized spacial score (nSPS) is 10.2. The number of hydrogen-bond acceptors (Lipinski definition) is 9. The molecule has 0 radical (unpaired) electrons. The second-order valence-electron chi connectivity index (χ2n) is 6.13. The number of carbonyl (C=O) groups excluding carboxylic acids is 4. The van der Waals surface area contributed by atoms with E-state index in [2.05, 4.69) is 5.32 Å². The minimum atomic E-state index is -1.05. The number of carbonyl (C=O) groups is 4. The van der Waals surface area contributed by atoms with Gasteiger partial charge in [0.25, 0.3) is 5.91 Å². The average Bonchev–Trinajstić information content (AvgIpc) is 2.85. The maximum absolute atomic E-state index is 12.1. The maximum Gasteiger partial charge on any atom is 0.513 e. The minimum absolute atomic E-state index is 0.0344. The molecule has 0 heterocycles. The molecule has 11 nitrogen and oxygen atoms in total. The summed E-state index contributed by atoms with van der Waals surface area (Å²) in [4.78, 5) is 47.8. The van der Waals surface area contributed by atoms with Crippen molar-refractivity contribution in [3.8, 4) is 22.6 Å². The van der Waals surface area contributed by atoms with Gasteiger partial charge in [-0.15, -0.1) is 0 Å².